The summed E-state index contributed by atoms with van der Waals surface area (Å²) in [7, 11) is 0. The first-order valence-electron chi connectivity index (χ1n) is 7.45. The van der Waals surface area contributed by atoms with Crippen LogP contribution < -0.4 is 5.32 Å². The normalized spacial score (nSPS) is 24.4. The first-order valence-corrected chi connectivity index (χ1v) is 7.45. The maximum atomic E-state index is 12.3. The summed E-state index contributed by atoms with van der Waals surface area (Å²) in [6, 6.07) is 0. The average molecular weight is 274 g/mol. The zero-order chi connectivity index (χ0) is 13.7. The average Bonchev–Trinajstić information content (AvgIpc) is 2.46. The molecular weight excluding hydrogens is 250 g/mol. The molecule has 2 rings (SSSR count). The second-order valence-corrected chi connectivity index (χ2v) is 5.85. The molecule has 0 unspecified atom stereocenters. The number of halogens is 2. The van der Waals surface area contributed by atoms with E-state index in [4.69, 9.17) is 0 Å². The summed E-state index contributed by atoms with van der Waals surface area (Å²) in [5.41, 5.74) is -0.0663. The highest BCUT2D eigenvalue weighted by atomic mass is 19.3. The van der Waals surface area contributed by atoms with Gasteiger partial charge in [0.1, 0.15) is 0 Å². The minimum atomic E-state index is -2.90. The quantitative estimate of drug-likeness (QED) is 0.854. The van der Waals surface area contributed by atoms with E-state index in [0.29, 0.717) is 6.54 Å². The van der Waals surface area contributed by atoms with Gasteiger partial charge in [0, 0.05) is 12.1 Å². The molecule has 1 aliphatic carbocycles. The third-order valence-electron chi connectivity index (χ3n) is 4.60. The van der Waals surface area contributed by atoms with Crippen LogP contribution in [0, 0.1) is 0 Å². The fourth-order valence-corrected chi connectivity index (χ4v) is 3.51. The molecule has 1 aliphatic heterocycles. The number of rotatable bonds is 4. The number of hydrogen-bond acceptors (Lipinski definition) is 2. The molecule has 1 amide bonds. The van der Waals surface area contributed by atoms with Gasteiger partial charge in [-0.05, 0) is 38.8 Å². The fraction of sp³-hybridized carbons (Fsp3) is 0.929. The number of nitrogens with one attached hydrogen (secondary N) is 1. The van der Waals surface area contributed by atoms with Gasteiger partial charge in [0.25, 0.3) is 5.91 Å². The number of hydrogen-bond donors (Lipinski definition) is 1. The second-order valence-electron chi connectivity index (χ2n) is 5.85. The third kappa shape index (κ3) is 3.65. The maximum absolute atomic E-state index is 12.3. The van der Waals surface area contributed by atoms with Gasteiger partial charge >= 0.3 is 6.43 Å². The van der Waals surface area contributed by atoms with Crippen molar-refractivity contribution in [1.29, 1.82) is 0 Å². The van der Waals surface area contributed by atoms with E-state index in [1.165, 1.54) is 25.7 Å². The molecule has 2 aliphatic rings. The Morgan fingerprint density at radius 2 is 1.63 bits per heavy atom. The lowest BCUT2D eigenvalue weighted by Crippen LogP contribution is -2.58. The smallest absolute Gasteiger partial charge is 0.315 e. The van der Waals surface area contributed by atoms with Gasteiger partial charge in [-0.1, -0.05) is 25.7 Å². The van der Waals surface area contributed by atoms with Crippen molar-refractivity contribution in [3.05, 3.63) is 0 Å². The molecule has 0 radical (unpaired) electrons. The van der Waals surface area contributed by atoms with Crippen molar-refractivity contribution in [3.63, 3.8) is 0 Å². The molecule has 3 nitrogen and oxygen atoms in total. The summed E-state index contributed by atoms with van der Waals surface area (Å²) in [6.07, 6.45) is 6.28. The van der Waals surface area contributed by atoms with E-state index in [0.717, 1.165) is 38.8 Å². The molecule has 0 bridgehead atoms. The SMILES string of the molecule is O=C(NCC1(N2CCCCC2)CCCCC1)C(F)F. The standard InChI is InChI=1S/C14H24F2N2O/c15-12(16)13(19)17-11-14(7-3-1-4-8-14)18-9-5-2-6-10-18/h12H,1-11H2,(H,17,19). The zero-order valence-electron chi connectivity index (χ0n) is 11.5. The van der Waals surface area contributed by atoms with Crippen molar-refractivity contribution in [1.82, 2.24) is 10.2 Å². The zero-order valence-corrected chi connectivity index (χ0v) is 11.5. The summed E-state index contributed by atoms with van der Waals surface area (Å²) >= 11 is 0. The van der Waals surface area contributed by atoms with Crippen LogP contribution in [-0.2, 0) is 4.79 Å². The van der Waals surface area contributed by atoms with Gasteiger partial charge in [-0.25, -0.2) is 0 Å². The highest BCUT2D eigenvalue weighted by Gasteiger charge is 2.38. The van der Waals surface area contributed by atoms with Gasteiger partial charge in [0.15, 0.2) is 0 Å². The fourth-order valence-electron chi connectivity index (χ4n) is 3.51. The van der Waals surface area contributed by atoms with E-state index in [1.54, 1.807) is 0 Å². The second kappa shape index (κ2) is 6.64. The van der Waals surface area contributed by atoms with Crippen LogP contribution in [0.25, 0.3) is 0 Å². The lowest BCUT2D eigenvalue weighted by Gasteiger charge is -2.48. The van der Waals surface area contributed by atoms with E-state index in [1.807, 2.05) is 0 Å². The van der Waals surface area contributed by atoms with Crippen LogP contribution in [0.2, 0.25) is 0 Å². The van der Waals surface area contributed by atoms with Gasteiger partial charge < -0.3 is 5.32 Å². The van der Waals surface area contributed by atoms with Gasteiger partial charge in [-0.2, -0.15) is 8.78 Å². The predicted octanol–water partition coefficient (Wildman–Crippen LogP) is 2.56. The number of nitrogens with zero attached hydrogens (tertiary/aromatic N) is 1. The molecule has 0 aromatic rings. The number of carbonyl (C=O) groups is 1. The number of carbonyl (C=O) groups excluding carboxylic acids is 1. The number of amides is 1. The summed E-state index contributed by atoms with van der Waals surface area (Å²) in [6.45, 7) is 2.48. The number of piperidine rings is 1. The molecule has 2 fully saturated rings. The van der Waals surface area contributed by atoms with Gasteiger partial charge in [0.05, 0.1) is 0 Å². The highest BCUT2D eigenvalue weighted by molar-refractivity contribution is 5.79. The van der Waals surface area contributed by atoms with Gasteiger partial charge in [-0.15, -0.1) is 0 Å². The Labute approximate surface area is 113 Å². The van der Waals surface area contributed by atoms with Crippen LogP contribution in [-0.4, -0.2) is 42.4 Å². The summed E-state index contributed by atoms with van der Waals surface area (Å²) in [5, 5.41) is 2.46. The van der Waals surface area contributed by atoms with Crippen LogP contribution >= 0.6 is 0 Å². The van der Waals surface area contributed by atoms with Crippen molar-refractivity contribution >= 4 is 5.91 Å². The van der Waals surface area contributed by atoms with Crippen molar-refractivity contribution < 1.29 is 13.6 Å². The molecule has 1 heterocycles. The highest BCUT2D eigenvalue weighted by Crippen LogP contribution is 2.35. The minimum absolute atomic E-state index is 0.0663. The summed E-state index contributed by atoms with van der Waals surface area (Å²) in [4.78, 5) is 13.6. The van der Waals surface area contributed by atoms with E-state index in [2.05, 4.69) is 10.2 Å². The Kier molecular flexibility index (Phi) is 5.13. The minimum Gasteiger partial charge on any atom is -0.349 e. The topological polar surface area (TPSA) is 32.3 Å². The van der Waals surface area contributed by atoms with Crippen LogP contribution in [0.4, 0.5) is 8.78 Å². The number of likely N-dealkylation sites (tertiary alicyclic amines) is 1. The largest absolute Gasteiger partial charge is 0.349 e. The Hall–Kier alpha value is -0.710. The molecule has 0 spiro atoms. The monoisotopic (exact) mass is 274 g/mol. The molecule has 1 saturated heterocycles. The summed E-state index contributed by atoms with van der Waals surface area (Å²) < 4.78 is 24.6. The third-order valence-corrected chi connectivity index (χ3v) is 4.60. The predicted molar refractivity (Wildman–Crippen MR) is 70.3 cm³/mol. The molecule has 0 aromatic carbocycles. The van der Waals surface area contributed by atoms with E-state index in [9.17, 15) is 13.6 Å². The molecule has 0 aromatic heterocycles. The van der Waals surface area contributed by atoms with Crippen molar-refractivity contribution in [2.45, 2.75) is 63.3 Å². The Morgan fingerprint density at radius 3 is 2.21 bits per heavy atom. The van der Waals surface area contributed by atoms with Crippen molar-refractivity contribution in [2.75, 3.05) is 19.6 Å². The maximum Gasteiger partial charge on any atom is 0.315 e. The van der Waals surface area contributed by atoms with Crippen molar-refractivity contribution in [2.24, 2.45) is 0 Å². The summed E-state index contributed by atoms with van der Waals surface area (Å²) in [5.74, 6) is -1.12. The van der Waals surface area contributed by atoms with Gasteiger partial charge in [0.2, 0.25) is 0 Å². The molecule has 1 saturated carbocycles. The molecule has 110 valence electrons. The first-order chi connectivity index (χ1) is 9.14. The Morgan fingerprint density at radius 1 is 1.05 bits per heavy atom. The van der Waals surface area contributed by atoms with Crippen LogP contribution in [0.1, 0.15) is 51.4 Å². The Bertz CT molecular complexity index is 298. The van der Waals surface area contributed by atoms with Crippen LogP contribution in [0.3, 0.4) is 0 Å². The van der Waals surface area contributed by atoms with E-state index < -0.39 is 12.3 Å². The molecule has 5 heteroatoms. The molecule has 0 atom stereocenters. The van der Waals surface area contributed by atoms with Gasteiger partial charge in [-0.3, -0.25) is 9.69 Å². The van der Waals surface area contributed by atoms with E-state index in [-0.39, 0.29) is 5.54 Å². The lowest BCUT2D eigenvalue weighted by atomic mass is 9.79. The molecular formula is C14H24F2N2O. The lowest BCUT2D eigenvalue weighted by molar-refractivity contribution is -0.132. The first kappa shape index (κ1) is 14.7. The number of alkyl halides is 2. The van der Waals surface area contributed by atoms with Crippen LogP contribution in [0.5, 0.6) is 0 Å². The Balaban J connectivity index is 1.99. The van der Waals surface area contributed by atoms with Crippen molar-refractivity contribution in [3.8, 4) is 0 Å². The van der Waals surface area contributed by atoms with Crippen LogP contribution in [0.15, 0.2) is 0 Å². The van der Waals surface area contributed by atoms with E-state index >= 15 is 0 Å². The molecule has 19 heavy (non-hydrogen) atoms. The molecule has 1 N–H and O–H groups in total.